The summed E-state index contributed by atoms with van der Waals surface area (Å²) in [6, 6.07) is 0. The van der Waals surface area contributed by atoms with Gasteiger partial charge in [0.15, 0.2) is 0 Å². The quantitative estimate of drug-likeness (QED) is 0.439. The predicted octanol–water partition coefficient (Wildman–Crippen LogP) is 5.60. The molecule has 11 heteroatoms. The lowest BCUT2D eigenvalue weighted by Gasteiger charge is -2.29. The second-order valence-electron chi connectivity index (χ2n) is 3.14. The molecule has 0 aliphatic carbocycles. The molecule has 0 aromatic heterocycles. The SMILES string of the molecule is CC(Cl)(Cl)OP(=O)(OC(C)(Cl)Cl)OC(C)(Cl)Cl. The van der Waals surface area contributed by atoms with Crippen LogP contribution in [0.15, 0.2) is 0 Å². The number of halogens is 6. The van der Waals surface area contributed by atoms with Crippen molar-refractivity contribution in [3.8, 4) is 0 Å². The largest absolute Gasteiger partial charge is 0.482 e. The van der Waals surface area contributed by atoms with Crippen LogP contribution in [0.5, 0.6) is 0 Å². The molecule has 0 saturated heterocycles. The average molecular weight is 389 g/mol. The molecule has 0 heterocycles. The van der Waals surface area contributed by atoms with Gasteiger partial charge in [0.2, 0.25) is 13.6 Å². The molecular formula is C6H9Cl6O4P. The molecule has 0 aromatic rings. The predicted molar refractivity (Wildman–Crippen MR) is 71.2 cm³/mol. The monoisotopic (exact) mass is 386 g/mol. The Morgan fingerprint density at radius 2 is 0.882 bits per heavy atom. The van der Waals surface area contributed by atoms with E-state index < -0.39 is 21.4 Å². The molecular weight excluding hydrogens is 380 g/mol. The van der Waals surface area contributed by atoms with Gasteiger partial charge in [0, 0.05) is 0 Å². The van der Waals surface area contributed by atoms with E-state index in [2.05, 4.69) is 13.6 Å². The van der Waals surface area contributed by atoms with Crippen LogP contribution in [0, 0.1) is 0 Å². The summed E-state index contributed by atoms with van der Waals surface area (Å²) >= 11 is 33.1. The van der Waals surface area contributed by atoms with Crippen LogP contribution in [0.1, 0.15) is 20.8 Å². The Morgan fingerprint density at radius 1 is 0.706 bits per heavy atom. The minimum atomic E-state index is -4.38. The van der Waals surface area contributed by atoms with Crippen molar-refractivity contribution in [3.63, 3.8) is 0 Å². The van der Waals surface area contributed by atoms with Crippen LogP contribution in [-0.4, -0.2) is 13.6 Å². The second kappa shape index (κ2) is 6.09. The molecule has 0 radical (unpaired) electrons. The molecule has 0 spiro atoms. The number of alkyl halides is 6. The molecule has 0 amide bonds. The van der Waals surface area contributed by atoms with Gasteiger partial charge in [-0.05, 0) is 20.8 Å². The summed E-state index contributed by atoms with van der Waals surface area (Å²) in [6.07, 6.45) is 0. The molecule has 0 saturated carbocycles. The van der Waals surface area contributed by atoms with Crippen LogP contribution < -0.4 is 0 Å². The molecule has 4 nitrogen and oxygen atoms in total. The van der Waals surface area contributed by atoms with E-state index in [4.69, 9.17) is 69.6 Å². The van der Waals surface area contributed by atoms with E-state index in [0.29, 0.717) is 0 Å². The molecule has 17 heavy (non-hydrogen) atoms. The third-order valence-electron chi connectivity index (χ3n) is 0.816. The number of hydrogen-bond acceptors (Lipinski definition) is 4. The minimum Gasteiger partial charge on any atom is -0.250 e. The minimum absolute atomic E-state index is 1.18. The van der Waals surface area contributed by atoms with E-state index in [1.807, 2.05) is 0 Å². The van der Waals surface area contributed by atoms with Crippen LogP contribution >= 0.6 is 77.4 Å². The van der Waals surface area contributed by atoms with Crippen molar-refractivity contribution >= 4 is 77.4 Å². The van der Waals surface area contributed by atoms with Crippen molar-refractivity contribution in [2.75, 3.05) is 0 Å². The van der Waals surface area contributed by atoms with E-state index in [1.54, 1.807) is 0 Å². The molecule has 0 rings (SSSR count). The lowest BCUT2D eigenvalue weighted by molar-refractivity contribution is 0.0678. The molecule has 104 valence electrons. The number of hydrogen-bond donors (Lipinski definition) is 0. The smallest absolute Gasteiger partial charge is 0.250 e. The van der Waals surface area contributed by atoms with Crippen LogP contribution in [0.25, 0.3) is 0 Å². The standard InChI is InChI=1S/C6H9Cl6O4P/c1-4(7,8)14-17(13,15-5(2,9)10)16-6(3,11)12/h1-3H3. The van der Waals surface area contributed by atoms with Crippen LogP contribution in [0.2, 0.25) is 0 Å². The summed E-state index contributed by atoms with van der Waals surface area (Å²) in [5.41, 5.74) is 0. The molecule has 0 bridgehead atoms. The molecule has 0 atom stereocenters. The highest BCUT2D eigenvalue weighted by atomic mass is 35.5. The van der Waals surface area contributed by atoms with Crippen molar-refractivity contribution in [3.05, 3.63) is 0 Å². The summed E-state index contributed by atoms with van der Waals surface area (Å²) in [5, 5.41) is 0. The highest BCUT2D eigenvalue weighted by molar-refractivity contribution is 7.49. The zero-order valence-electron chi connectivity index (χ0n) is 8.85. The summed E-state index contributed by atoms with van der Waals surface area (Å²) in [7, 11) is -4.38. The maximum atomic E-state index is 12.1. The summed E-state index contributed by atoms with van der Waals surface area (Å²) in [4.78, 5) is 0. The van der Waals surface area contributed by atoms with Crippen molar-refractivity contribution in [1.82, 2.24) is 0 Å². The fourth-order valence-corrected chi connectivity index (χ4v) is 3.46. The van der Waals surface area contributed by atoms with Crippen LogP contribution in [0.4, 0.5) is 0 Å². The fourth-order valence-electron chi connectivity index (χ4n) is 0.645. The van der Waals surface area contributed by atoms with Gasteiger partial charge in [-0.2, -0.15) is 0 Å². The summed E-state index contributed by atoms with van der Waals surface area (Å²) < 4.78 is 20.5. The Balaban J connectivity index is 5.03. The van der Waals surface area contributed by atoms with E-state index in [0.717, 1.165) is 0 Å². The first-order valence-corrected chi connectivity index (χ1v) is 7.70. The molecule has 0 aliphatic rings. The fraction of sp³-hybridized carbons (Fsp3) is 1.00. The zero-order valence-corrected chi connectivity index (χ0v) is 14.3. The highest BCUT2D eigenvalue weighted by Crippen LogP contribution is 2.61. The van der Waals surface area contributed by atoms with Crippen LogP contribution in [0.3, 0.4) is 0 Å². The van der Waals surface area contributed by atoms with E-state index >= 15 is 0 Å². The first-order valence-electron chi connectivity index (χ1n) is 3.98. The van der Waals surface area contributed by atoms with Gasteiger partial charge in [0.1, 0.15) is 0 Å². The third-order valence-corrected chi connectivity index (χ3v) is 3.69. The molecule has 0 unspecified atom stereocenters. The molecule has 0 aromatic carbocycles. The van der Waals surface area contributed by atoms with Gasteiger partial charge < -0.3 is 0 Å². The number of phosphoric ester groups is 1. The Bertz CT molecular complexity index is 256. The van der Waals surface area contributed by atoms with Crippen molar-refractivity contribution < 1.29 is 18.1 Å². The van der Waals surface area contributed by atoms with Crippen LogP contribution in [-0.2, 0) is 18.1 Å². The first-order chi connectivity index (χ1) is 7.12. The van der Waals surface area contributed by atoms with Gasteiger partial charge in [-0.3, -0.25) is 0 Å². The Hall–Kier alpha value is 1.85. The summed E-state index contributed by atoms with van der Waals surface area (Å²) in [6.45, 7) is 3.53. The lowest BCUT2D eigenvalue weighted by Crippen LogP contribution is -2.22. The number of phosphoric acid groups is 1. The maximum Gasteiger partial charge on any atom is 0.482 e. The average Bonchev–Trinajstić information content (AvgIpc) is 1.65. The topological polar surface area (TPSA) is 44.8 Å². The Morgan fingerprint density at radius 3 is 1.00 bits per heavy atom. The maximum absolute atomic E-state index is 12.1. The Labute approximate surface area is 129 Å². The molecule has 0 N–H and O–H groups in total. The first kappa shape index (κ1) is 18.9. The van der Waals surface area contributed by atoms with Gasteiger partial charge in [0.05, 0.1) is 0 Å². The van der Waals surface area contributed by atoms with Crippen molar-refractivity contribution in [2.24, 2.45) is 0 Å². The number of rotatable bonds is 6. The second-order valence-corrected chi connectivity index (χ2v) is 9.49. The molecule has 0 aliphatic heterocycles. The Kier molecular flexibility index (Phi) is 6.75. The van der Waals surface area contributed by atoms with Gasteiger partial charge >= 0.3 is 7.82 Å². The van der Waals surface area contributed by atoms with Gasteiger partial charge in [0.25, 0.3) is 0 Å². The van der Waals surface area contributed by atoms with E-state index in [9.17, 15) is 4.57 Å². The van der Waals surface area contributed by atoms with Gasteiger partial charge in [-0.15, -0.1) is 0 Å². The highest BCUT2D eigenvalue weighted by Gasteiger charge is 2.45. The molecule has 0 fully saturated rings. The third kappa shape index (κ3) is 11.4. The van der Waals surface area contributed by atoms with E-state index in [1.165, 1.54) is 20.8 Å². The lowest BCUT2D eigenvalue weighted by atomic mass is 10.9. The normalized spacial score (nSPS) is 15.1. The van der Waals surface area contributed by atoms with Gasteiger partial charge in [-0.25, -0.2) is 18.1 Å². The van der Waals surface area contributed by atoms with Gasteiger partial charge in [-0.1, -0.05) is 69.6 Å². The summed E-state index contributed by atoms with van der Waals surface area (Å²) in [5.74, 6) is 0. The van der Waals surface area contributed by atoms with Crippen molar-refractivity contribution in [1.29, 1.82) is 0 Å². The van der Waals surface area contributed by atoms with Crippen molar-refractivity contribution in [2.45, 2.75) is 34.3 Å². The zero-order chi connectivity index (χ0) is 14.1. The van der Waals surface area contributed by atoms with E-state index in [-0.39, 0.29) is 0 Å².